The summed E-state index contributed by atoms with van der Waals surface area (Å²) in [7, 11) is 0. The molecular formula is C32H34N4O5. The van der Waals surface area contributed by atoms with Crippen molar-refractivity contribution in [3.8, 4) is 23.7 Å². The third kappa shape index (κ3) is 11.0. The van der Waals surface area contributed by atoms with Gasteiger partial charge in [-0.1, -0.05) is 49.6 Å². The molecule has 0 spiro atoms. The van der Waals surface area contributed by atoms with E-state index in [0.29, 0.717) is 17.8 Å². The first-order valence-corrected chi connectivity index (χ1v) is 12.5. The molecule has 0 heterocycles. The summed E-state index contributed by atoms with van der Waals surface area (Å²) in [5.74, 6) is 9.70. The molecule has 0 aromatic heterocycles. The van der Waals surface area contributed by atoms with Gasteiger partial charge in [-0.15, -0.1) is 0 Å². The second-order valence-corrected chi connectivity index (χ2v) is 8.78. The number of nitrogens with one attached hydrogen (secondary N) is 4. The number of carbonyl (C=O) groups excluding carboxylic acids is 3. The molecule has 41 heavy (non-hydrogen) atoms. The third-order valence-corrected chi connectivity index (χ3v) is 5.67. The number of anilines is 1. The molecule has 0 aliphatic rings. The summed E-state index contributed by atoms with van der Waals surface area (Å²) in [4.78, 5) is 36.1. The highest BCUT2D eigenvalue weighted by Gasteiger charge is 2.25. The monoisotopic (exact) mass is 554 g/mol. The Morgan fingerprint density at radius 1 is 0.854 bits per heavy atom. The van der Waals surface area contributed by atoms with Gasteiger partial charge in [0.15, 0.2) is 0 Å². The Labute approximate surface area is 240 Å². The second kappa shape index (κ2) is 16.9. The Hall–Kier alpha value is -4.93. The normalized spacial score (nSPS) is 11.2. The van der Waals surface area contributed by atoms with Crippen LogP contribution in [0.15, 0.2) is 78.9 Å². The van der Waals surface area contributed by atoms with Gasteiger partial charge in [0, 0.05) is 22.4 Å². The number of hydrogen-bond donors (Lipinski definition) is 6. The summed E-state index contributed by atoms with van der Waals surface area (Å²) in [6.45, 7) is 2.25. The van der Waals surface area contributed by atoms with E-state index in [1.54, 1.807) is 36.4 Å². The Morgan fingerprint density at radius 2 is 1.44 bits per heavy atom. The molecule has 9 nitrogen and oxygen atoms in total. The summed E-state index contributed by atoms with van der Waals surface area (Å²) in [6, 6.07) is 22.2. The van der Waals surface area contributed by atoms with Crippen LogP contribution in [0.5, 0.6) is 0 Å². The minimum absolute atomic E-state index is 0. The fraction of sp³-hybridized carbons (Fsp3) is 0.219. The van der Waals surface area contributed by atoms with Crippen molar-refractivity contribution in [2.75, 3.05) is 18.4 Å². The molecule has 3 aromatic rings. The van der Waals surface area contributed by atoms with Gasteiger partial charge in [-0.25, -0.2) is 5.48 Å². The molecule has 0 bridgehead atoms. The van der Waals surface area contributed by atoms with Crippen LogP contribution in [0.2, 0.25) is 0 Å². The van der Waals surface area contributed by atoms with Gasteiger partial charge < -0.3 is 21.1 Å². The van der Waals surface area contributed by atoms with Gasteiger partial charge in [-0.2, -0.15) is 0 Å². The lowest BCUT2D eigenvalue weighted by Gasteiger charge is -2.19. The molecule has 3 amide bonds. The highest BCUT2D eigenvalue weighted by molar-refractivity contribution is 5.97. The van der Waals surface area contributed by atoms with Gasteiger partial charge >= 0.3 is 0 Å². The summed E-state index contributed by atoms with van der Waals surface area (Å²) in [5, 5.41) is 26.7. The Kier molecular flexibility index (Phi) is 13.3. The van der Waals surface area contributed by atoms with Crippen LogP contribution in [-0.2, 0) is 16.0 Å². The third-order valence-electron chi connectivity index (χ3n) is 5.67. The fourth-order valence-electron chi connectivity index (χ4n) is 3.53. The van der Waals surface area contributed by atoms with Crippen LogP contribution >= 0.6 is 0 Å². The molecule has 0 aliphatic carbocycles. The molecule has 0 saturated heterocycles. The zero-order chi connectivity index (χ0) is 28.7. The fourth-order valence-corrected chi connectivity index (χ4v) is 3.53. The van der Waals surface area contributed by atoms with Gasteiger partial charge in [0.2, 0.25) is 5.91 Å². The summed E-state index contributed by atoms with van der Waals surface area (Å²) < 4.78 is 0. The van der Waals surface area contributed by atoms with Crippen molar-refractivity contribution in [1.29, 1.82) is 0 Å². The molecule has 3 aromatic carbocycles. The van der Waals surface area contributed by atoms with Crippen molar-refractivity contribution in [1.82, 2.24) is 16.1 Å². The zero-order valence-electron chi connectivity index (χ0n) is 21.9. The predicted molar refractivity (Wildman–Crippen MR) is 158 cm³/mol. The summed E-state index contributed by atoms with van der Waals surface area (Å²) in [5.41, 5.74) is 4.92. The number of rotatable bonds is 10. The van der Waals surface area contributed by atoms with Crippen LogP contribution in [0, 0.1) is 23.7 Å². The van der Waals surface area contributed by atoms with Gasteiger partial charge in [0.05, 0.1) is 12.6 Å². The van der Waals surface area contributed by atoms with Crippen molar-refractivity contribution >= 4 is 23.4 Å². The number of benzene rings is 3. The number of aliphatic hydroxyl groups excluding tert-OH is 1. The standard InChI is InChI=1S/C31H30N4O5.CH4/c1-22(36)29(31(39)35-40)34-30(38)26-15-11-24(12-16-26)9-5-6-10-25-13-17-27(18-14-25)33-28(37)21-32-20-19-23-7-3-2-4-8-23;/h2-4,7-8,11-18,22,29,32,36,40H,19-21H2,1H3,(H,33,37)(H,34,38)(H,35,39);1H4/t22-,29+;/m1./s1. The highest BCUT2D eigenvalue weighted by atomic mass is 16.5. The molecular weight excluding hydrogens is 520 g/mol. The van der Waals surface area contributed by atoms with Crippen molar-refractivity contribution in [2.24, 2.45) is 0 Å². The first-order chi connectivity index (χ1) is 19.4. The van der Waals surface area contributed by atoms with E-state index in [1.807, 2.05) is 18.2 Å². The van der Waals surface area contributed by atoms with Gasteiger partial charge in [0.25, 0.3) is 11.8 Å². The van der Waals surface area contributed by atoms with Crippen LogP contribution in [0.25, 0.3) is 0 Å². The minimum atomic E-state index is -1.30. The molecule has 6 N–H and O–H groups in total. The van der Waals surface area contributed by atoms with Crippen molar-refractivity contribution < 1.29 is 24.7 Å². The number of carbonyl (C=O) groups is 3. The SMILES string of the molecule is C.C[C@@H](O)[C@H](NC(=O)c1ccc(C#CC#Cc2ccc(NC(=O)CNCCc3ccccc3)cc2)cc1)C(=O)NO. The summed E-state index contributed by atoms with van der Waals surface area (Å²) in [6.07, 6.45) is -0.349. The lowest BCUT2D eigenvalue weighted by atomic mass is 10.1. The predicted octanol–water partition coefficient (Wildman–Crippen LogP) is 2.48. The van der Waals surface area contributed by atoms with E-state index in [0.717, 1.165) is 12.0 Å². The number of hydrogen-bond acceptors (Lipinski definition) is 6. The average molecular weight is 555 g/mol. The van der Waals surface area contributed by atoms with E-state index < -0.39 is 24.0 Å². The largest absolute Gasteiger partial charge is 0.391 e. The van der Waals surface area contributed by atoms with E-state index >= 15 is 0 Å². The molecule has 0 unspecified atom stereocenters. The Bertz CT molecular complexity index is 1410. The maximum Gasteiger partial charge on any atom is 0.268 e. The Morgan fingerprint density at radius 3 is 2.00 bits per heavy atom. The second-order valence-electron chi connectivity index (χ2n) is 8.78. The number of hydroxylamine groups is 1. The lowest BCUT2D eigenvalue weighted by Crippen LogP contribution is -2.51. The molecule has 0 saturated carbocycles. The zero-order valence-corrected chi connectivity index (χ0v) is 21.9. The minimum Gasteiger partial charge on any atom is -0.391 e. The maximum absolute atomic E-state index is 12.3. The molecule has 2 atom stereocenters. The molecule has 0 aliphatic heterocycles. The number of aliphatic hydroxyl groups is 1. The van der Waals surface area contributed by atoms with Crippen LogP contribution in [0.3, 0.4) is 0 Å². The first kappa shape index (κ1) is 32.3. The molecule has 3 rings (SSSR count). The van der Waals surface area contributed by atoms with Crippen LogP contribution < -0.4 is 21.4 Å². The van der Waals surface area contributed by atoms with E-state index in [1.165, 1.54) is 30.1 Å². The van der Waals surface area contributed by atoms with E-state index in [2.05, 4.69) is 51.8 Å². The van der Waals surface area contributed by atoms with Crippen LogP contribution in [0.4, 0.5) is 5.69 Å². The highest BCUT2D eigenvalue weighted by Crippen LogP contribution is 2.09. The van der Waals surface area contributed by atoms with Crippen molar-refractivity contribution in [3.63, 3.8) is 0 Å². The molecule has 212 valence electrons. The first-order valence-electron chi connectivity index (χ1n) is 12.5. The van der Waals surface area contributed by atoms with E-state index in [-0.39, 0.29) is 25.4 Å². The quantitative estimate of drug-likeness (QED) is 0.0985. The smallest absolute Gasteiger partial charge is 0.268 e. The average Bonchev–Trinajstić information content (AvgIpc) is 2.97. The van der Waals surface area contributed by atoms with E-state index in [9.17, 15) is 19.5 Å². The van der Waals surface area contributed by atoms with Gasteiger partial charge in [-0.3, -0.25) is 19.6 Å². The van der Waals surface area contributed by atoms with Crippen molar-refractivity contribution in [2.45, 2.75) is 32.9 Å². The maximum atomic E-state index is 12.3. The Balaban J connectivity index is 0.00000588. The van der Waals surface area contributed by atoms with Gasteiger partial charge in [-0.05, 0) is 85.8 Å². The summed E-state index contributed by atoms with van der Waals surface area (Å²) >= 11 is 0. The van der Waals surface area contributed by atoms with Crippen LogP contribution in [0.1, 0.15) is 41.4 Å². The van der Waals surface area contributed by atoms with Crippen molar-refractivity contribution in [3.05, 3.63) is 101 Å². The molecule has 9 heteroatoms. The molecule has 0 radical (unpaired) electrons. The van der Waals surface area contributed by atoms with Gasteiger partial charge in [0.1, 0.15) is 6.04 Å². The van der Waals surface area contributed by atoms with E-state index in [4.69, 9.17) is 5.21 Å². The lowest BCUT2D eigenvalue weighted by molar-refractivity contribution is -0.133. The number of amides is 3. The van der Waals surface area contributed by atoms with Crippen LogP contribution in [-0.4, -0.2) is 53.3 Å². The topological polar surface area (TPSA) is 140 Å². The molecule has 0 fully saturated rings.